The van der Waals surface area contributed by atoms with Gasteiger partial charge in [-0.15, -0.1) is 0 Å². The fourth-order valence-electron chi connectivity index (χ4n) is 6.72. The number of amides is 3. The summed E-state index contributed by atoms with van der Waals surface area (Å²) in [5.74, 6) is 1.37. The molecule has 4 heterocycles. The number of carbonyl (C=O) groups is 3. The van der Waals surface area contributed by atoms with Gasteiger partial charge in [0.2, 0.25) is 5.91 Å². The maximum Gasteiger partial charge on any atom is 0.410 e. The fraction of sp³-hybridized carbons (Fsp3) is 0.479. The van der Waals surface area contributed by atoms with Gasteiger partial charge in [-0.25, -0.2) is 9.59 Å². The van der Waals surface area contributed by atoms with E-state index in [4.69, 9.17) is 24.7 Å². The van der Waals surface area contributed by atoms with Gasteiger partial charge >= 0.3 is 12.2 Å². The first-order chi connectivity index (χ1) is 29.1. The molecule has 0 aliphatic carbocycles. The summed E-state index contributed by atoms with van der Waals surface area (Å²) in [6.07, 6.45) is 12.0. The Kier molecular flexibility index (Phi) is 16.5. The zero-order chi connectivity index (χ0) is 44.0. The molecule has 13 nitrogen and oxygen atoms in total. The summed E-state index contributed by atoms with van der Waals surface area (Å²) in [4.78, 5) is 47.6. The third-order valence-corrected chi connectivity index (χ3v) is 10.1. The highest BCUT2D eigenvalue weighted by Crippen LogP contribution is 2.28. The average Bonchev–Trinajstić information content (AvgIpc) is 3.17. The van der Waals surface area contributed by atoms with Crippen LogP contribution in [0.4, 0.5) is 9.59 Å². The number of hydrogen-bond acceptors (Lipinski definition) is 10. The number of ether oxygens (including phenoxy) is 4. The molecule has 3 amide bonds. The largest absolute Gasteiger partial charge is 0.490 e. The molecule has 0 unspecified atom stereocenters. The summed E-state index contributed by atoms with van der Waals surface area (Å²) >= 11 is 0. The number of aryl methyl sites for hydroxylation is 2. The molecule has 2 aliphatic heterocycles. The molecule has 2 aliphatic rings. The Morgan fingerprint density at radius 3 is 1.52 bits per heavy atom. The number of rotatable bonds is 15. The second-order valence-electron chi connectivity index (χ2n) is 17.6. The SMILES string of the molecule is CC(=O)NCCCc1cccc(-c2cncc(OC[C@@H]3CCN3C(=O)OC(C)(C)C)c2)c1.CC(C)(C)OC(=O)N1CC[C@H]1COc1cncc(-c2cccc(CCCN)c2)c1. The van der Waals surface area contributed by atoms with Gasteiger partial charge in [0, 0.05) is 50.1 Å². The summed E-state index contributed by atoms with van der Waals surface area (Å²) in [7, 11) is 0. The van der Waals surface area contributed by atoms with Gasteiger partial charge in [-0.2, -0.15) is 0 Å². The van der Waals surface area contributed by atoms with Crippen LogP contribution in [0.25, 0.3) is 22.3 Å². The van der Waals surface area contributed by atoms with Gasteiger partial charge in [0.05, 0.1) is 24.5 Å². The first kappa shape index (κ1) is 46.4. The predicted octanol–water partition coefficient (Wildman–Crippen LogP) is 8.23. The fourth-order valence-corrected chi connectivity index (χ4v) is 6.72. The van der Waals surface area contributed by atoms with E-state index < -0.39 is 11.2 Å². The maximum absolute atomic E-state index is 12.3. The molecule has 0 bridgehead atoms. The van der Waals surface area contributed by atoms with Crippen LogP contribution in [0.15, 0.2) is 85.5 Å². The molecule has 2 saturated heterocycles. The van der Waals surface area contributed by atoms with E-state index in [1.165, 1.54) is 18.1 Å². The Labute approximate surface area is 361 Å². The number of likely N-dealkylation sites (tertiary alicyclic amines) is 2. The number of pyridine rings is 2. The van der Waals surface area contributed by atoms with Crippen molar-refractivity contribution in [1.29, 1.82) is 0 Å². The Morgan fingerprint density at radius 1 is 0.672 bits per heavy atom. The van der Waals surface area contributed by atoms with Crippen molar-refractivity contribution in [2.75, 3.05) is 39.4 Å². The maximum atomic E-state index is 12.3. The van der Waals surface area contributed by atoms with Crippen LogP contribution in [0.3, 0.4) is 0 Å². The minimum atomic E-state index is -0.505. The van der Waals surface area contributed by atoms with Crippen molar-refractivity contribution < 1.29 is 33.3 Å². The van der Waals surface area contributed by atoms with Crippen molar-refractivity contribution in [1.82, 2.24) is 25.1 Å². The molecule has 3 N–H and O–H groups in total. The van der Waals surface area contributed by atoms with Gasteiger partial charge in [-0.3, -0.25) is 14.8 Å². The van der Waals surface area contributed by atoms with E-state index in [9.17, 15) is 14.4 Å². The monoisotopic (exact) mass is 836 g/mol. The summed E-state index contributed by atoms with van der Waals surface area (Å²) in [6, 6.07) is 20.8. The second-order valence-corrected chi connectivity index (χ2v) is 17.6. The van der Waals surface area contributed by atoms with Crippen LogP contribution >= 0.6 is 0 Å². The van der Waals surface area contributed by atoms with Gasteiger partial charge in [-0.1, -0.05) is 48.5 Å². The van der Waals surface area contributed by atoms with E-state index in [2.05, 4.69) is 51.7 Å². The van der Waals surface area contributed by atoms with E-state index in [1.807, 2.05) is 78.2 Å². The quantitative estimate of drug-likeness (QED) is 0.112. The van der Waals surface area contributed by atoms with Gasteiger partial charge in [0.25, 0.3) is 0 Å². The lowest BCUT2D eigenvalue weighted by Crippen LogP contribution is -2.55. The molecule has 2 atom stereocenters. The molecule has 2 aromatic heterocycles. The normalized spacial score (nSPS) is 15.9. The number of nitrogens with one attached hydrogen (secondary N) is 1. The third kappa shape index (κ3) is 15.1. The first-order valence-corrected chi connectivity index (χ1v) is 21.3. The summed E-state index contributed by atoms with van der Waals surface area (Å²) < 4.78 is 22.8. The van der Waals surface area contributed by atoms with Crippen molar-refractivity contribution in [3.63, 3.8) is 0 Å². The van der Waals surface area contributed by atoms with E-state index in [0.29, 0.717) is 50.9 Å². The van der Waals surface area contributed by atoms with Gasteiger partial charge < -0.3 is 39.8 Å². The molecule has 0 radical (unpaired) electrons. The topological polar surface area (TPSA) is 158 Å². The number of hydrogen-bond donors (Lipinski definition) is 2. The number of nitrogens with two attached hydrogens (primary N) is 1. The molecule has 2 fully saturated rings. The van der Waals surface area contributed by atoms with Gasteiger partial charge in [0.1, 0.15) is 35.9 Å². The van der Waals surface area contributed by atoms with Crippen molar-refractivity contribution in [3.05, 3.63) is 96.6 Å². The molecule has 0 saturated carbocycles. The Hall–Kier alpha value is -5.69. The smallest absolute Gasteiger partial charge is 0.410 e. The lowest BCUT2D eigenvalue weighted by Gasteiger charge is -2.41. The molecule has 6 rings (SSSR count). The lowest BCUT2D eigenvalue weighted by molar-refractivity contribution is -0.118. The van der Waals surface area contributed by atoms with Crippen LogP contribution in [0.5, 0.6) is 11.5 Å². The molecule has 4 aromatic rings. The summed E-state index contributed by atoms with van der Waals surface area (Å²) in [5.41, 5.74) is 11.3. The van der Waals surface area contributed by atoms with Gasteiger partial charge in [-0.05, 0) is 121 Å². The highest BCUT2D eigenvalue weighted by molar-refractivity contribution is 5.73. The number of benzene rings is 2. The van der Waals surface area contributed by atoms with Crippen LogP contribution in [-0.2, 0) is 27.1 Å². The predicted molar refractivity (Wildman–Crippen MR) is 237 cm³/mol. The zero-order valence-electron chi connectivity index (χ0n) is 36.9. The minimum Gasteiger partial charge on any atom is -0.490 e. The molecule has 328 valence electrons. The van der Waals surface area contributed by atoms with Crippen LogP contribution in [0.2, 0.25) is 0 Å². The number of nitrogens with zero attached hydrogens (tertiary/aromatic N) is 4. The van der Waals surface area contributed by atoms with Crippen molar-refractivity contribution >= 4 is 18.1 Å². The lowest BCUT2D eigenvalue weighted by atomic mass is 10.0. The minimum absolute atomic E-state index is 0.00208. The van der Waals surface area contributed by atoms with Crippen molar-refractivity contribution in [2.24, 2.45) is 5.73 Å². The second kappa shape index (κ2) is 21.7. The molecule has 61 heavy (non-hydrogen) atoms. The van der Waals surface area contributed by atoms with E-state index in [-0.39, 0.29) is 30.2 Å². The Bertz CT molecular complexity index is 2060. The van der Waals surface area contributed by atoms with Crippen molar-refractivity contribution in [3.8, 4) is 33.8 Å². The Balaban J connectivity index is 0.000000232. The number of carbonyl (C=O) groups excluding carboxylic acids is 3. The standard InChI is InChI=1S/C25H33N3O4.C23H31N3O3/c1-18(29)27-11-6-8-19-7-5-9-20(13-19)21-14-23(16-26-15-21)31-17-22-10-12-28(22)24(30)32-25(2,3)4;1-23(2,3)29-22(27)26-11-9-20(26)16-28-21-13-19(14-25-15-21)18-8-4-6-17(12-18)7-5-10-24/h5,7,9,13-16,22H,6,8,10-12,17H2,1-4H3,(H,27,29);4,6,8,12-15,20H,5,7,9-11,16,24H2,1-3H3/t22-;20-/m00/s1. The Morgan fingerprint density at radius 2 is 1.13 bits per heavy atom. The van der Waals surface area contributed by atoms with E-state index >= 15 is 0 Å². The highest BCUT2D eigenvalue weighted by atomic mass is 16.6. The number of aromatic nitrogens is 2. The first-order valence-electron chi connectivity index (χ1n) is 21.3. The zero-order valence-corrected chi connectivity index (χ0v) is 36.9. The molecule has 2 aromatic carbocycles. The van der Waals surface area contributed by atoms with Crippen LogP contribution in [-0.4, -0.2) is 101 Å². The van der Waals surface area contributed by atoms with Crippen molar-refractivity contribution in [2.45, 2.75) is 110 Å². The summed E-state index contributed by atoms with van der Waals surface area (Å²) in [5, 5.41) is 2.83. The molecule has 0 spiro atoms. The summed E-state index contributed by atoms with van der Waals surface area (Å²) in [6.45, 7) is 16.4. The molecular weight excluding hydrogens is 773 g/mol. The van der Waals surface area contributed by atoms with E-state index in [0.717, 1.165) is 60.8 Å². The molecule has 13 heteroatoms. The third-order valence-electron chi connectivity index (χ3n) is 10.1. The average molecular weight is 837 g/mol. The van der Waals surface area contributed by atoms with Gasteiger partial charge in [0.15, 0.2) is 0 Å². The van der Waals surface area contributed by atoms with Crippen LogP contribution in [0.1, 0.15) is 85.3 Å². The van der Waals surface area contributed by atoms with Crippen LogP contribution < -0.4 is 20.5 Å². The highest BCUT2D eigenvalue weighted by Gasteiger charge is 2.37. The van der Waals surface area contributed by atoms with E-state index in [1.54, 1.807) is 22.2 Å². The molecular formula is C48H64N6O7. The van der Waals surface area contributed by atoms with Crippen LogP contribution in [0, 0.1) is 0 Å².